The van der Waals surface area contributed by atoms with Crippen molar-refractivity contribution in [3.63, 3.8) is 0 Å². The van der Waals surface area contributed by atoms with Crippen LogP contribution in [0.2, 0.25) is 5.02 Å². The van der Waals surface area contributed by atoms with Crippen molar-refractivity contribution < 1.29 is 4.74 Å². The summed E-state index contributed by atoms with van der Waals surface area (Å²) in [6.45, 7) is 1.45. The Bertz CT molecular complexity index is 809. The smallest absolute Gasteiger partial charge is 0.160 e. The predicted molar refractivity (Wildman–Crippen MR) is 86.0 cm³/mol. The Kier molecular flexibility index (Phi) is 3.56. The third kappa shape index (κ3) is 2.38. The van der Waals surface area contributed by atoms with Crippen LogP contribution in [0.25, 0.3) is 11.2 Å². The van der Waals surface area contributed by atoms with Crippen LogP contribution >= 0.6 is 11.6 Å². The van der Waals surface area contributed by atoms with Crippen LogP contribution in [0.15, 0.2) is 42.6 Å². The first-order chi connectivity index (χ1) is 10.8. The molecule has 0 radical (unpaired) electrons. The third-order valence-corrected chi connectivity index (χ3v) is 4.41. The molecule has 3 heterocycles. The van der Waals surface area contributed by atoms with Gasteiger partial charge in [-0.2, -0.15) is 0 Å². The quantitative estimate of drug-likeness (QED) is 0.734. The highest BCUT2D eigenvalue weighted by atomic mass is 35.5. The summed E-state index contributed by atoms with van der Waals surface area (Å²) >= 11 is 6.32. The van der Waals surface area contributed by atoms with Crippen LogP contribution in [0.4, 0.5) is 0 Å². The number of nitrogens with zero attached hydrogens (tertiary/aromatic N) is 3. The highest BCUT2D eigenvalue weighted by Crippen LogP contribution is 2.31. The minimum atomic E-state index is 0.0525. The molecule has 1 saturated heterocycles. The number of hydrogen-bond acceptors (Lipinski definition) is 3. The second-order valence-electron chi connectivity index (χ2n) is 5.50. The van der Waals surface area contributed by atoms with Gasteiger partial charge in [0.2, 0.25) is 0 Å². The Morgan fingerprint density at radius 1 is 1.23 bits per heavy atom. The van der Waals surface area contributed by atoms with Crippen molar-refractivity contribution in [2.24, 2.45) is 0 Å². The van der Waals surface area contributed by atoms with Gasteiger partial charge in [0.15, 0.2) is 5.65 Å². The summed E-state index contributed by atoms with van der Waals surface area (Å²) < 4.78 is 7.96. The van der Waals surface area contributed by atoms with E-state index < -0.39 is 0 Å². The number of imidazole rings is 1. The normalized spacial score (nSPS) is 18.1. The standard InChI is InChI=1S/C17H16ClN3O/c18-13-6-2-1-5-12(13)11-21-16-14(7-3-9-19-16)20-17(21)15-8-4-10-22-15/h1-3,5-7,9,15H,4,8,10-11H2. The van der Waals surface area contributed by atoms with E-state index in [0.717, 1.165) is 47.0 Å². The van der Waals surface area contributed by atoms with Gasteiger partial charge in [-0.05, 0) is 36.6 Å². The van der Waals surface area contributed by atoms with Gasteiger partial charge in [0, 0.05) is 17.8 Å². The number of fused-ring (bicyclic) bond motifs is 1. The summed E-state index contributed by atoms with van der Waals surface area (Å²) in [5.74, 6) is 0.950. The van der Waals surface area contributed by atoms with Crippen molar-refractivity contribution in [2.75, 3.05) is 6.61 Å². The molecule has 2 aromatic heterocycles. The number of halogens is 1. The van der Waals surface area contributed by atoms with Crippen molar-refractivity contribution in [1.29, 1.82) is 0 Å². The second-order valence-corrected chi connectivity index (χ2v) is 5.90. The Morgan fingerprint density at radius 3 is 2.95 bits per heavy atom. The van der Waals surface area contributed by atoms with E-state index in [1.54, 1.807) is 6.20 Å². The van der Waals surface area contributed by atoms with E-state index in [1.165, 1.54) is 0 Å². The molecule has 22 heavy (non-hydrogen) atoms. The molecule has 1 unspecified atom stereocenters. The molecule has 1 aliphatic rings. The van der Waals surface area contributed by atoms with E-state index in [1.807, 2.05) is 36.4 Å². The Labute approximate surface area is 133 Å². The highest BCUT2D eigenvalue weighted by Gasteiger charge is 2.25. The predicted octanol–water partition coefficient (Wildman–Crippen LogP) is 3.98. The fourth-order valence-electron chi connectivity index (χ4n) is 2.96. The zero-order valence-electron chi connectivity index (χ0n) is 12.1. The van der Waals surface area contributed by atoms with Gasteiger partial charge >= 0.3 is 0 Å². The van der Waals surface area contributed by atoms with E-state index in [4.69, 9.17) is 21.3 Å². The van der Waals surface area contributed by atoms with Gasteiger partial charge in [0.05, 0.1) is 6.54 Å². The van der Waals surface area contributed by atoms with Crippen LogP contribution in [0.1, 0.15) is 30.3 Å². The van der Waals surface area contributed by atoms with Crippen LogP contribution in [0.5, 0.6) is 0 Å². The van der Waals surface area contributed by atoms with Crippen molar-refractivity contribution >= 4 is 22.8 Å². The molecule has 1 atom stereocenters. The first kappa shape index (κ1) is 13.7. The first-order valence-electron chi connectivity index (χ1n) is 7.49. The lowest BCUT2D eigenvalue weighted by molar-refractivity contribution is 0.103. The van der Waals surface area contributed by atoms with Crippen LogP contribution in [0.3, 0.4) is 0 Å². The number of hydrogen-bond donors (Lipinski definition) is 0. The average Bonchev–Trinajstić information content (AvgIpc) is 3.17. The summed E-state index contributed by atoms with van der Waals surface area (Å²) in [7, 11) is 0. The molecule has 1 aliphatic heterocycles. The molecule has 3 aromatic rings. The molecular weight excluding hydrogens is 298 g/mol. The highest BCUT2D eigenvalue weighted by molar-refractivity contribution is 6.31. The topological polar surface area (TPSA) is 39.9 Å². The molecular formula is C17H16ClN3O. The maximum absolute atomic E-state index is 6.32. The van der Waals surface area contributed by atoms with Gasteiger partial charge < -0.3 is 9.30 Å². The number of ether oxygens (including phenoxy) is 1. The molecule has 0 amide bonds. The molecule has 5 heteroatoms. The Balaban J connectivity index is 1.83. The van der Waals surface area contributed by atoms with Gasteiger partial charge in [-0.3, -0.25) is 0 Å². The maximum atomic E-state index is 6.32. The lowest BCUT2D eigenvalue weighted by atomic mass is 10.2. The Hall–Kier alpha value is -1.91. The Morgan fingerprint density at radius 2 is 2.14 bits per heavy atom. The number of rotatable bonds is 3. The minimum absolute atomic E-state index is 0.0525. The van der Waals surface area contributed by atoms with Gasteiger partial charge in [0.1, 0.15) is 17.4 Å². The zero-order valence-corrected chi connectivity index (χ0v) is 12.8. The van der Waals surface area contributed by atoms with Crippen LogP contribution in [-0.4, -0.2) is 21.1 Å². The van der Waals surface area contributed by atoms with E-state index in [2.05, 4.69) is 9.55 Å². The molecule has 0 bridgehead atoms. The minimum Gasteiger partial charge on any atom is -0.370 e. The average molecular weight is 314 g/mol. The van der Waals surface area contributed by atoms with Gasteiger partial charge in [-0.15, -0.1) is 0 Å². The number of aromatic nitrogens is 3. The van der Waals surface area contributed by atoms with Crippen LogP contribution < -0.4 is 0 Å². The van der Waals surface area contributed by atoms with Crippen LogP contribution in [-0.2, 0) is 11.3 Å². The fraction of sp³-hybridized carbons (Fsp3) is 0.294. The van der Waals surface area contributed by atoms with Gasteiger partial charge in [-0.1, -0.05) is 29.8 Å². The number of benzene rings is 1. The van der Waals surface area contributed by atoms with E-state index in [0.29, 0.717) is 6.54 Å². The second kappa shape index (κ2) is 5.71. The molecule has 0 spiro atoms. The molecule has 1 fully saturated rings. The monoisotopic (exact) mass is 313 g/mol. The molecule has 4 nitrogen and oxygen atoms in total. The zero-order chi connectivity index (χ0) is 14.9. The lowest BCUT2D eigenvalue weighted by Crippen LogP contribution is -2.10. The fourth-order valence-corrected chi connectivity index (χ4v) is 3.15. The van der Waals surface area contributed by atoms with Gasteiger partial charge in [-0.25, -0.2) is 9.97 Å². The lowest BCUT2D eigenvalue weighted by Gasteiger charge is -2.13. The number of pyridine rings is 1. The summed E-state index contributed by atoms with van der Waals surface area (Å²) in [6.07, 6.45) is 3.93. The summed E-state index contributed by atoms with van der Waals surface area (Å²) in [5.41, 5.74) is 2.85. The van der Waals surface area contributed by atoms with E-state index >= 15 is 0 Å². The maximum Gasteiger partial charge on any atom is 0.160 e. The summed E-state index contributed by atoms with van der Waals surface area (Å²) in [6, 6.07) is 11.8. The largest absolute Gasteiger partial charge is 0.370 e. The van der Waals surface area contributed by atoms with E-state index in [9.17, 15) is 0 Å². The first-order valence-corrected chi connectivity index (χ1v) is 7.87. The third-order valence-electron chi connectivity index (χ3n) is 4.04. The molecule has 0 aliphatic carbocycles. The van der Waals surface area contributed by atoms with Crippen LogP contribution in [0, 0.1) is 0 Å². The summed E-state index contributed by atoms with van der Waals surface area (Å²) in [5, 5.41) is 0.763. The summed E-state index contributed by atoms with van der Waals surface area (Å²) in [4.78, 5) is 9.25. The van der Waals surface area contributed by atoms with Crippen molar-refractivity contribution in [3.8, 4) is 0 Å². The van der Waals surface area contributed by atoms with Crippen molar-refractivity contribution in [2.45, 2.75) is 25.5 Å². The molecule has 112 valence electrons. The molecule has 1 aromatic carbocycles. The SMILES string of the molecule is Clc1ccccc1Cn1c(C2CCCO2)nc2cccnc21. The molecule has 0 saturated carbocycles. The molecule has 4 rings (SSSR count). The molecule has 0 N–H and O–H groups in total. The van der Waals surface area contributed by atoms with E-state index in [-0.39, 0.29) is 6.10 Å². The van der Waals surface area contributed by atoms with Gasteiger partial charge in [0.25, 0.3) is 0 Å². The van der Waals surface area contributed by atoms with Crippen molar-refractivity contribution in [3.05, 3.63) is 59.0 Å². The van der Waals surface area contributed by atoms with Crippen molar-refractivity contribution in [1.82, 2.24) is 14.5 Å².